The fourth-order valence-electron chi connectivity index (χ4n) is 2.25. The summed E-state index contributed by atoms with van der Waals surface area (Å²) in [6.45, 7) is 5.07. The number of aryl methyl sites for hydroxylation is 2. The number of nitrogens with two attached hydrogens (primary N) is 1. The molecule has 0 fully saturated rings. The molecule has 0 amide bonds. The van der Waals surface area contributed by atoms with Crippen molar-refractivity contribution in [3.63, 3.8) is 0 Å². The summed E-state index contributed by atoms with van der Waals surface area (Å²) in [5.74, 6) is 0. The van der Waals surface area contributed by atoms with Gasteiger partial charge < -0.3 is 10.6 Å². The third-order valence-electron chi connectivity index (χ3n) is 3.19. The third kappa shape index (κ3) is 2.65. The number of anilines is 2. The predicted octanol–water partition coefficient (Wildman–Crippen LogP) is 3.52. The Kier molecular flexibility index (Phi) is 3.56. The van der Waals surface area contributed by atoms with Crippen LogP contribution in [0.15, 0.2) is 42.5 Å². The van der Waals surface area contributed by atoms with E-state index in [9.17, 15) is 0 Å². The Morgan fingerprint density at radius 1 is 1.00 bits per heavy atom. The summed E-state index contributed by atoms with van der Waals surface area (Å²) in [5, 5.41) is 0. The lowest BCUT2D eigenvalue weighted by molar-refractivity contribution is 0.918. The quantitative estimate of drug-likeness (QED) is 0.832. The Hall–Kier alpha value is -1.96. The third-order valence-corrected chi connectivity index (χ3v) is 3.19. The van der Waals surface area contributed by atoms with Crippen LogP contribution in [0.1, 0.15) is 16.7 Å². The minimum absolute atomic E-state index is 0.838. The molecule has 18 heavy (non-hydrogen) atoms. The van der Waals surface area contributed by atoms with Gasteiger partial charge in [0, 0.05) is 13.6 Å². The van der Waals surface area contributed by atoms with Crippen molar-refractivity contribution in [1.82, 2.24) is 0 Å². The summed E-state index contributed by atoms with van der Waals surface area (Å²) in [5.41, 5.74) is 11.8. The molecule has 0 bridgehead atoms. The molecule has 0 atom stereocenters. The first-order chi connectivity index (χ1) is 8.58. The molecule has 0 saturated carbocycles. The SMILES string of the molecule is Cc1ccc(CN(C)c2c(C)cccc2N)cc1. The Labute approximate surface area is 109 Å². The number of hydrogen-bond donors (Lipinski definition) is 1. The molecule has 2 rings (SSSR count). The van der Waals surface area contributed by atoms with Crippen molar-refractivity contribution in [2.45, 2.75) is 20.4 Å². The maximum absolute atomic E-state index is 6.06. The van der Waals surface area contributed by atoms with Crippen LogP contribution in [0, 0.1) is 13.8 Å². The van der Waals surface area contributed by atoms with Crippen molar-refractivity contribution >= 4 is 11.4 Å². The van der Waals surface area contributed by atoms with Crippen molar-refractivity contribution in [3.8, 4) is 0 Å². The largest absolute Gasteiger partial charge is 0.397 e. The van der Waals surface area contributed by atoms with Crippen LogP contribution in [0.25, 0.3) is 0 Å². The Morgan fingerprint density at radius 2 is 1.67 bits per heavy atom. The summed E-state index contributed by atoms with van der Waals surface area (Å²) < 4.78 is 0. The number of nitrogens with zero attached hydrogens (tertiary/aromatic N) is 1. The molecule has 0 spiro atoms. The summed E-state index contributed by atoms with van der Waals surface area (Å²) in [4.78, 5) is 2.20. The lowest BCUT2D eigenvalue weighted by atomic mass is 10.1. The molecule has 2 aromatic carbocycles. The van der Waals surface area contributed by atoms with E-state index < -0.39 is 0 Å². The van der Waals surface area contributed by atoms with E-state index in [4.69, 9.17) is 5.73 Å². The minimum atomic E-state index is 0.838. The van der Waals surface area contributed by atoms with Gasteiger partial charge in [-0.15, -0.1) is 0 Å². The van der Waals surface area contributed by atoms with E-state index in [1.807, 2.05) is 12.1 Å². The second-order valence-electron chi connectivity index (χ2n) is 4.85. The molecule has 0 aromatic heterocycles. The van der Waals surface area contributed by atoms with Gasteiger partial charge in [-0.05, 0) is 31.0 Å². The highest BCUT2D eigenvalue weighted by atomic mass is 15.1. The molecule has 2 nitrogen and oxygen atoms in total. The van der Waals surface area contributed by atoms with Crippen LogP contribution >= 0.6 is 0 Å². The molecule has 0 aliphatic heterocycles. The van der Waals surface area contributed by atoms with Crippen LogP contribution in [0.2, 0.25) is 0 Å². The van der Waals surface area contributed by atoms with Crippen LogP contribution in [0.4, 0.5) is 11.4 Å². The average molecular weight is 240 g/mol. The fourth-order valence-corrected chi connectivity index (χ4v) is 2.25. The first-order valence-corrected chi connectivity index (χ1v) is 6.19. The van der Waals surface area contributed by atoms with Crippen molar-refractivity contribution in [2.24, 2.45) is 0 Å². The van der Waals surface area contributed by atoms with Gasteiger partial charge in [0.2, 0.25) is 0 Å². The van der Waals surface area contributed by atoms with Crippen LogP contribution in [0.3, 0.4) is 0 Å². The number of benzene rings is 2. The molecule has 0 saturated heterocycles. The second kappa shape index (κ2) is 5.13. The lowest BCUT2D eigenvalue weighted by Crippen LogP contribution is -2.18. The zero-order chi connectivity index (χ0) is 13.1. The van der Waals surface area contributed by atoms with Crippen molar-refractivity contribution in [2.75, 3.05) is 17.7 Å². The van der Waals surface area contributed by atoms with Crippen molar-refractivity contribution in [1.29, 1.82) is 0 Å². The van der Waals surface area contributed by atoms with Gasteiger partial charge in [0.05, 0.1) is 11.4 Å². The van der Waals surface area contributed by atoms with E-state index in [-0.39, 0.29) is 0 Å². The maximum Gasteiger partial charge on any atom is 0.0630 e. The zero-order valence-electron chi connectivity index (χ0n) is 11.3. The Balaban J connectivity index is 2.22. The summed E-state index contributed by atoms with van der Waals surface area (Å²) >= 11 is 0. The number of para-hydroxylation sites is 1. The predicted molar refractivity (Wildman–Crippen MR) is 78.9 cm³/mol. The molecule has 2 heteroatoms. The van der Waals surface area contributed by atoms with Gasteiger partial charge in [-0.25, -0.2) is 0 Å². The van der Waals surface area contributed by atoms with E-state index in [0.717, 1.165) is 17.9 Å². The molecule has 0 heterocycles. The smallest absolute Gasteiger partial charge is 0.0630 e. The molecular formula is C16H20N2. The highest BCUT2D eigenvalue weighted by molar-refractivity contribution is 5.71. The van der Waals surface area contributed by atoms with Crippen LogP contribution in [-0.4, -0.2) is 7.05 Å². The Morgan fingerprint density at radius 3 is 2.28 bits per heavy atom. The lowest BCUT2D eigenvalue weighted by Gasteiger charge is -2.23. The molecule has 0 aliphatic carbocycles. The topological polar surface area (TPSA) is 29.3 Å². The van der Waals surface area contributed by atoms with Gasteiger partial charge in [0.25, 0.3) is 0 Å². The number of rotatable bonds is 3. The van der Waals surface area contributed by atoms with Gasteiger partial charge in [-0.1, -0.05) is 42.0 Å². The van der Waals surface area contributed by atoms with E-state index >= 15 is 0 Å². The number of nitrogen functional groups attached to an aromatic ring is 1. The van der Waals surface area contributed by atoms with Gasteiger partial charge in [-0.2, -0.15) is 0 Å². The Bertz CT molecular complexity index is 509. The fraction of sp³-hybridized carbons (Fsp3) is 0.250. The molecule has 2 N–H and O–H groups in total. The molecule has 0 radical (unpaired) electrons. The number of hydrogen-bond acceptors (Lipinski definition) is 2. The maximum atomic E-state index is 6.06. The summed E-state index contributed by atoms with van der Waals surface area (Å²) in [6.07, 6.45) is 0. The van der Waals surface area contributed by atoms with Crippen molar-refractivity contribution < 1.29 is 0 Å². The van der Waals surface area contributed by atoms with Gasteiger partial charge in [-0.3, -0.25) is 0 Å². The molecule has 94 valence electrons. The highest BCUT2D eigenvalue weighted by Crippen LogP contribution is 2.27. The van der Waals surface area contributed by atoms with E-state index in [1.54, 1.807) is 0 Å². The average Bonchev–Trinajstić information content (AvgIpc) is 2.32. The first-order valence-electron chi connectivity index (χ1n) is 6.19. The normalized spacial score (nSPS) is 10.4. The van der Waals surface area contributed by atoms with Gasteiger partial charge in [0.1, 0.15) is 0 Å². The van der Waals surface area contributed by atoms with E-state index in [0.29, 0.717) is 0 Å². The van der Waals surface area contributed by atoms with Crippen LogP contribution < -0.4 is 10.6 Å². The molecular weight excluding hydrogens is 220 g/mol. The first kappa shape index (κ1) is 12.5. The van der Waals surface area contributed by atoms with E-state index in [1.165, 1.54) is 16.7 Å². The summed E-state index contributed by atoms with van der Waals surface area (Å²) in [7, 11) is 2.08. The molecule has 0 unspecified atom stereocenters. The second-order valence-corrected chi connectivity index (χ2v) is 4.85. The van der Waals surface area contributed by atoms with Crippen LogP contribution in [-0.2, 0) is 6.54 Å². The highest BCUT2D eigenvalue weighted by Gasteiger charge is 2.08. The van der Waals surface area contributed by atoms with Crippen LogP contribution in [0.5, 0.6) is 0 Å². The van der Waals surface area contributed by atoms with Gasteiger partial charge >= 0.3 is 0 Å². The standard InChI is InChI=1S/C16H20N2/c1-12-7-9-14(10-8-12)11-18(3)16-13(2)5-4-6-15(16)17/h4-10H,11,17H2,1-3H3. The monoisotopic (exact) mass is 240 g/mol. The summed E-state index contributed by atoms with van der Waals surface area (Å²) in [6, 6.07) is 14.7. The van der Waals surface area contributed by atoms with Crippen molar-refractivity contribution in [3.05, 3.63) is 59.2 Å². The molecule has 2 aromatic rings. The zero-order valence-corrected chi connectivity index (χ0v) is 11.3. The minimum Gasteiger partial charge on any atom is -0.397 e. The van der Waals surface area contributed by atoms with Gasteiger partial charge in [0.15, 0.2) is 0 Å². The molecule has 0 aliphatic rings. The van der Waals surface area contributed by atoms with E-state index in [2.05, 4.69) is 56.1 Å².